The normalized spacial score (nSPS) is 9.91. The number of nitrogens with zero attached hydrogens (tertiary/aromatic N) is 2. The summed E-state index contributed by atoms with van der Waals surface area (Å²) in [5, 5.41) is 3.84. The third-order valence-electron chi connectivity index (χ3n) is 1.30. The van der Waals surface area contributed by atoms with E-state index in [-0.39, 0.29) is 6.54 Å². The Labute approximate surface area is 64.0 Å². The maximum Gasteiger partial charge on any atom is 0.239 e. The summed E-state index contributed by atoms with van der Waals surface area (Å²) < 4.78 is 1.42. The van der Waals surface area contributed by atoms with Crippen molar-refractivity contribution < 1.29 is 4.79 Å². The lowest BCUT2D eigenvalue weighted by molar-refractivity contribution is -0.118. The molecule has 0 atom stereocenters. The van der Waals surface area contributed by atoms with E-state index in [1.807, 2.05) is 6.92 Å². The zero-order valence-electron chi connectivity index (χ0n) is 6.24. The molecule has 11 heavy (non-hydrogen) atoms. The lowest BCUT2D eigenvalue weighted by Crippen LogP contribution is -2.18. The highest BCUT2D eigenvalue weighted by molar-refractivity contribution is 5.73. The highest BCUT2D eigenvalue weighted by Gasteiger charge is 2.01. The summed E-state index contributed by atoms with van der Waals surface area (Å²) in [7, 11) is 0. The number of amides is 1. The Kier molecular flexibility index (Phi) is 1.80. The van der Waals surface area contributed by atoms with Crippen molar-refractivity contribution in [2.75, 3.05) is 5.73 Å². The molecule has 0 radical (unpaired) electrons. The summed E-state index contributed by atoms with van der Waals surface area (Å²) in [6.07, 6.45) is 1.68. The van der Waals surface area contributed by atoms with E-state index in [4.69, 9.17) is 11.5 Å². The minimum absolute atomic E-state index is 0.0814. The smallest absolute Gasteiger partial charge is 0.239 e. The van der Waals surface area contributed by atoms with Gasteiger partial charge >= 0.3 is 0 Å². The first kappa shape index (κ1) is 7.59. The van der Waals surface area contributed by atoms with Crippen LogP contribution in [0.5, 0.6) is 0 Å². The minimum atomic E-state index is -0.424. The maximum atomic E-state index is 10.4. The molecule has 0 saturated heterocycles. The number of hydrogen-bond donors (Lipinski definition) is 2. The van der Waals surface area contributed by atoms with Gasteiger partial charge in [-0.05, 0) is 6.92 Å². The van der Waals surface area contributed by atoms with Gasteiger partial charge in [0.25, 0.3) is 0 Å². The van der Waals surface area contributed by atoms with E-state index in [1.54, 1.807) is 6.20 Å². The average molecular weight is 154 g/mol. The molecule has 4 N–H and O–H groups in total. The van der Waals surface area contributed by atoms with Crippen LogP contribution in [0.25, 0.3) is 0 Å². The monoisotopic (exact) mass is 154 g/mol. The predicted octanol–water partition coefficient (Wildman–Crippen LogP) is -0.741. The number of primary amides is 1. The molecule has 0 bridgehead atoms. The summed E-state index contributed by atoms with van der Waals surface area (Å²) >= 11 is 0. The largest absolute Gasteiger partial charge is 0.382 e. The topological polar surface area (TPSA) is 86.9 Å². The Morgan fingerprint density at radius 3 is 2.82 bits per heavy atom. The first-order valence-corrected chi connectivity index (χ1v) is 3.17. The molecule has 0 aromatic carbocycles. The van der Waals surface area contributed by atoms with Gasteiger partial charge in [0.2, 0.25) is 5.91 Å². The molecule has 1 rings (SSSR count). The van der Waals surface area contributed by atoms with Crippen molar-refractivity contribution in [2.24, 2.45) is 5.73 Å². The number of nitrogen functional groups attached to an aromatic ring is 1. The van der Waals surface area contributed by atoms with Gasteiger partial charge in [0, 0.05) is 11.8 Å². The van der Waals surface area contributed by atoms with Gasteiger partial charge in [-0.25, -0.2) is 0 Å². The Balaban J connectivity index is 2.81. The molecule has 0 spiro atoms. The number of anilines is 1. The fourth-order valence-electron chi connectivity index (χ4n) is 0.776. The second-order valence-corrected chi connectivity index (χ2v) is 2.36. The van der Waals surface area contributed by atoms with E-state index < -0.39 is 5.91 Å². The summed E-state index contributed by atoms with van der Waals surface area (Å²) in [5.41, 5.74) is 11.2. The van der Waals surface area contributed by atoms with Crippen molar-refractivity contribution >= 4 is 11.7 Å². The second-order valence-electron chi connectivity index (χ2n) is 2.36. The van der Waals surface area contributed by atoms with Gasteiger partial charge in [0.1, 0.15) is 12.4 Å². The van der Waals surface area contributed by atoms with Crippen LogP contribution in [0.15, 0.2) is 6.20 Å². The van der Waals surface area contributed by atoms with Crippen LogP contribution in [0.4, 0.5) is 5.82 Å². The summed E-state index contributed by atoms with van der Waals surface area (Å²) in [5.74, 6) is 0.0127. The quantitative estimate of drug-likeness (QED) is 0.588. The molecule has 5 nitrogen and oxygen atoms in total. The molecule has 1 heterocycles. The van der Waals surface area contributed by atoms with E-state index in [1.165, 1.54) is 4.68 Å². The van der Waals surface area contributed by atoms with Crippen molar-refractivity contribution in [3.05, 3.63) is 11.8 Å². The number of hydrogen-bond acceptors (Lipinski definition) is 3. The Morgan fingerprint density at radius 2 is 2.45 bits per heavy atom. The fourth-order valence-corrected chi connectivity index (χ4v) is 0.776. The van der Waals surface area contributed by atoms with Gasteiger partial charge in [-0.1, -0.05) is 0 Å². The molecule has 1 aromatic heterocycles. The zero-order valence-corrected chi connectivity index (χ0v) is 6.24. The fraction of sp³-hybridized carbons (Fsp3) is 0.333. The third-order valence-corrected chi connectivity index (χ3v) is 1.30. The highest BCUT2D eigenvalue weighted by Crippen LogP contribution is 2.05. The van der Waals surface area contributed by atoms with Gasteiger partial charge in [0.15, 0.2) is 0 Å². The number of carbonyl (C=O) groups excluding carboxylic acids is 1. The van der Waals surface area contributed by atoms with Crippen LogP contribution in [-0.4, -0.2) is 15.7 Å². The van der Waals surface area contributed by atoms with Gasteiger partial charge in [-0.3, -0.25) is 9.48 Å². The van der Waals surface area contributed by atoms with Crippen LogP contribution >= 0.6 is 0 Å². The second kappa shape index (κ2) is 2.61. The molecule has 5 heteroatoms. The van der Waals surface area contributed by atoms with E-state index in [9.17, 15) is 4.79 Å². The summed E-state index contributed by atoms with van der Waals surface area (Å²) in [6.45, 7) is 1.90. The minimum Gasteiger partial charge on any atom is -0.382 e. The molecule has 0 aliphatic heterocycles. The van der Waals surface area contributed by atoms with Crippen molar-refractivity contribution in [2.45, 2.75) is 13.5 Å². The number of rotatable bonds is 2. The Hall–Kier alpha value is -1.52. The van der Waals surface area contributed by atoms with Gasteiger partial charge < -0.3 is 11.5 Å². The van der Waals surface area contributed by atoms with Crippen molar-refractivity contribution in [3.8, 4) is 0 Å². The number of aryl methyl sites for hydroxylation is 1. The van der Waals surface area contributed by atoms with Crippen molar-refractivity contribution in [1.82, 2.24) is 9.78 Å². The third kappa shape index (κ3) is 1.70. The average Bonchev–Trinajstić information content (AvgIpc) is 2.10. The maximum absolute atomic E-state index is 10.4. The van der Waals surface area contributed by atoms with E-state index in [2.05, 4.69) is 5.10 Å². The zero-order chi connectivity index (χ0) is 8.43. The lowest BCUT2D eigenvalue weighted by atomic mass is 10.4. The predicted molar refractivity (Wildman–Crippen MR) is 40.6 cm³/mol. The lowest BCUT2D eigenvalue weighted by Gasteiger charge is -1.93. The van der Waals surface area contributed by atoms with Crippen LogP contribution in [0.3, 0.4) is 0 Å². The van der Waals surface area contributed by atoms with Crippen molar-refractivity contribution in [3.63, 3.8) is 0 Å². The summed E-state index contributed by atoms with van der Waals surface area (Å²) in [6, 6.07) is 0. The molecule has 1 aromatic rings. The molecule has 0 fully saturated rings. The molecule has 0 aliphatic rings. The van der Waals surface area contributed by atoms with Crippen LogP contribution in [0, 0.1) is 6.92 Å². The Morgan fingerprint density at radius 1 is 1.82 bits per heavy atom. The molecule has 0 unspecified atom stereocenters. The highest BCUT2D eigenvalue weighted by atomic mass is 16.1. The molecule has 60 valence electrons. The van der Waals surface area contributed by atoms with Gasteiger partial charge in [-0.2, -0.15) is 5.10 Å². The SMILES string of the molecule is Cc1cn(CC(N)=O)nc1N. The molecule has 0 aliphatic carbocycles. The first-order chi connectivity index (χ1) is 5.09. The number of nitrogens with two attached hydrogens (primary N) is 2. The van der Waals surface area contributed by atoms with E-state index in [0.717, 1.165) is 5.56 Å². The van der Waals surface area contributed by atoms with Gasteiger partial charge in [-0.15, -0.1) is 0 Å². The molecular formula is C6H10N4O. The van der Waals surface area contributed by atoms with Crippen LogP contribution < -0.4 is 11.5 Å². The number of aromatic nitrogens is 2. The summed E-state index contributed by atoms with van der Waals surface area (Å²) in [4.78, 5) is 10.4. The van der Waals surface area contributed by atoms with Crippen LogP contribution in [0.2, 0.25) is 0 Å². The molecule has 1 amide bonds. The standard InChI is InChI=1S/C6H10N4O/c1-4-2-10(3-5(7)11)9-6(4)8/h2H,3H2,1H3,(H2,7,11)(H2,8,9). The molecule has 0 saturated carbocycles. The number of carbonyl (C=O) groups is 1. The van der Waals surface area contributed by atoms with Crippen molar-refractivity contribution in [1.29, 1.82) is 0 Å². The van der Waals surface area contributed by atoms with Crippen LogP contribution in [0.1, 0.15) is 5.56 Å². The molecular weight excluding hydrogens is 144 g/mol. The van der Waals surface area contributed by atoms with E-state index >= 15 is 0 Å². The Bertz CT molecular complexity index is 259. The van der Waals surface area contributed by atoms with Gasteiger partial charge in [0.05, 0.1) is 0 Å². The van der Waals surface area contributed by atoms with Crippen LogP contribution in [-0.2, 0) is 11.3 Å². The van der Waals surface area contributed by atoms with E-state index in [0.29, 0.717) is 5.82 Å². The first-order valence-electron chi connectivity index (χ1n) is 3.17.